The van der Waals surface area contributed by atoms with E-state index in [0.717, 1.165) is 33.3 Å². The van der Waals surface area contributed by atoms with Gasteiger partial charge in [0.25, 0.3) is 0 Å². The predicted octanol–water partition coefficient (Wildman–Crippen LogP) is 7.88. The van der Waals surface area contributed by atoms with Crippen LogP contribution in [0, 0.1) is 0 Å². The van der Waals surface area contributed by atoms with Crippen LogP contribution in [0.2, 0.25) is 0 Å². The lowest BCUT2D eigenvalue weighted by Crippen LogP contribution is -1.92. The van der Waals surface area contributed by atoms with E-state index < -0.39 is 0 Å². The van der Waals surface area contributed by atoms with Crippen LogP contribution in [0.4, 0.5) is 0 Å². The van der Waals surface area contributed by atoms with Gasteiger partial charge in [-0.05, 0) is 18.2 Å². The largest absolute Gasteiger partial charge is 0.247 e. The van der Waals surface area contributed by atoms with Crippen LogP contribution in [-0.4, -0.2) is 15.0 Å². The van der Waals surface area contributed by atoms with Crippen LogP contribution >= 0.6 is 11.3 Å². The molecule has 0 amide bonds. The van der Waals surface area contributed by atoms with Crippen LogP contribution in [0.1, 0.15) is 0 Å². The number of fused-ring (bicyclic) bond motifs is 7. The molecule has 4 aromatic carbocycles. The minimum absolute atomic E-state index is 1.000. The molecule has 7 rings (SSSR count). The van der Waals surface area contributed by atoms with Gasteiger partial charge < -0.3 is 0 Å². The maximum atomic E-state index is 5.15. The number of benzene rings is 4. The molecule has 0 N–H and O–H groups in total. The van der Waals surface area contributed by atoms with Gasteiger partial charge in [0, 0.05) is 65.4 Å². The van der Waals surface area contributed by atoms with Gasteiger partial charge in [-0.3, -0.25) is 0 Å². The van der Waals surface area contributed by atoms with Crippen molar-refractivity contribution in [1.29, 1.82) is 0 Å². The van der Waals surface area contributed by atoms with Gasteiger partial charge in [-0.1, -0.05) is 66.7 Å². The topological polar surface area (TPSA) is 38.7 Å². The zero-order valence-electron chi connectivity index (χ0n) is 17.6. The van der Waals surface area contributed by atoms with Crippen molar-refractivity contribution in [2.45, 2.75) is 0 Å². The van der Waals surface area contributed by atoms with Crippen molar-refractivity contribution in [3.63, 3.8) is 0 Å². The second-order valence-corrected chi connectivity index (χ2v) is 9.17. The summed E-state index contributed by atoms with van der Waals surface area (Å²) in [5.74, 6) is 0. The van der Waals surface area contributed by atoms with E-state index >= 15 is 0 Å². The number of pyridine rings is 1. The van der Waals surface area contributed by atoms with Crippen molar-refractivity contribution >= 4 is 53.2 Å². The summed E-state index contributed by atoms with van der Waals surface area (Å²) < 4.78 is 2.54. The summed E-state index contributed by atoms with van der Waals surface area (Å²) >= 11 is 1.83. The van der Waals surface area contributed by atoms with E-state index in [1.54, 1.807) is 6.33 Å². The summed E-state index contributed by atoms with van der Waals surface area (Å²) in [6.07, 6.45) is 5.38. The molecule has 0 bridgehead atoms. The predicted molar refractivity (Wildman–Crippen MR) is 139 cm³/mol. The Hall–Kier alpha value is -4.15. The lowest BCUT2D eigenvalue weighted by molar-refractivity contribution is 1.17. The lowest BCUT2D eigenvalue weighted by atomic mass is 9.93. The van der Waals surface area contributed by atoms with E-state index in [0.29, 0.717) is 0 Å². The lowest BCUT2D eigenvalue weighted by Gasteiger charge is -2.14. The van der Waals surface area contributed by atoms with Gasteiger partial charge in [0.1, 0.15) is 6.33 Å². The Morgan fingerprint density at radius 1 is 0.606 bits per heavy atom. The average molecular weight is 440 g/mol. The van der Waals surface area contributed by atoms with E-state index in [-0.39, 0.29) is 0 Å². The SMILES string of the molecule is c1ccc(-c2nc3ccccc3c3c2cc(-c2cncnc2)c2sc4ccccc4c23)cc1. The van der Waals surface area contributed by atoms with E-state index in [1.165, 1.54) is 30.9 Å². The molecule has 154 valence electrons. The van der Waals surface area contributed by atoms with Crippen molar-refractivity contribution in [2.75, 3.05) is 0 Å². The number of para-hydroxylation sites is 1. The summed E-state index contributed by atoms with van der Waals surface area (Å²) in [4.78, 5) is 13.8. The second-order valence-electron chi connectivity index (χ2n) is 8.12. The fourth-order valence-electron chi connectivity index (χ4n) is 4.80. The molecule has 33 heavy (non-hydrogen) atoms. The summed E-state index contributed by atoms with van der Waals surface area (Å²) in [6, 6.07) is 29.9. The molecular weight excluding hydrogens is 422 g/mol. The number of thiophene rings is 1. The highest BCUT2D eigenvalue weighted by Crippen LogP contribution is 2.47. The first-order valence-corrected chi connectivity index (χ1v) is 11.7. The molecule has 3 heterocycles. The van der Waals surface area contributed by atoms with Crippen molar-refractivity contribution in [3.05, 3.63) is 104 Å². The van der Waals surface area contributed by atoms with Gasteiger partial charge in [0.2, 0.25) is 0 Å². The Bertz CT molecular complexity index is 1770. The molecule has 0 aliphatic heterocycles. The first kappa shape index (κ1) is 18.4. The summed E-state index contributed by atoms with van der Waals surface area (Å²) in [5, 5.41) is 6.14. The average Bonchev–Trinajstić information content (AvgIpc) is 3.28. The minimum atomic E-state index is 1.000. The Kier molecular flexibility index (Phi) is 4.01. The molecule has 3 nitrogen and oxygen atoms in total. The molecule has 0 saturated carbocycles. The number of hydrogen-bond acceptors (Lipinski definition) is 4. The number of nitrogens with zero attached hydrogens (tertiary/aromatic N) is 3. The van der Waals surface area contributed by atoms with Gasteiger partial charge in [-0.2, -0.15) is 0 Å². The molecule has 0 spiro atoms. The zero-order chi connectivity index (χ0) is 21.8. The standard InChI is InChI=1S/C29H17N3S/c1-2-8-18(9-3-1)28-23-14-22(19-15-30-17-31-16-19)29-27(21-11-5-7-13-25(21)33-29)26(23)20-10-4-6-12-24(20)32-28/h1-17H. The smallest absolute Gasteiger partial charge is 0.115 e. The van der Waals surface area contributed by atoms with Gasteiger partial charge in [0.05, 0.1) is 11.2 Å². The van der Waals surface area contributed by atoms with Crippen LogP contribution < -0.4 is 0 Å². The Labute approximate surface area is 194 Å². The first-order chi connectivity index (χ1) is 16.4. The summed E-state index contributed by atoms with van der Waals surface area (Å²) in [5.41, 5.74) is 5.29. The van der Waals surface area contributed by atoms with E-state index in [1.807, 2.05) is 29.8 Å². The first-order valence-electron chi connectivity index (χ1n) is 10.9. The van der Waals surface area contributed by atoms with Gasteiger partial charge in [-0.25, -0.2) is 15.0 Å². The third kappa shape index (κ3) is 2.78. The van der Waals surface area contributed by atoms with Crippen molar-refractivity contribution in [1.82, 2.24) is 15.0 Å². The summed E-state index contributed by atoms with van der Waals surface area (Å²) in [7, 11) is 0. The quantitative estimate of drug-likeness (QED) is 0.257. The molecule has 0 aliphatic carbocycles. The van der Waals surface area contributed by atoms with Crippen LogP contribution in [0.25, 0.3) is 64.2 Å². The number of hydrogen-bond donors (Lipinski definition) is 0. The molecule has 0 unspecified atom stereocenters. The van der Waals surface area contributed by atoms with Crippen LogP contribution in [0.15, 0.2) is 104 Å². The zero-order valence-corrected chi connectivity index (χ0v) is 18.4. The normalized spacial score (nSPS) is 11.6. The number of aromatic nitrogens is 3. The molecular formula is C29H17N3S. The monoisotopic (exact) mass is 439 g/mol. The van der Waals surface area contributed by atoms with E-state index in [4.69, 9.17) is 4.98 Å². The number of rotatable bonds is 2. The Balaban J connectivity index is 1.79. The highest BCUT2D eigenvalue weighted by atomic mass is 32.1. The second kappa shape index (κ2) is 7.19. The molecule has 7 aromatic rings. The van der Waals surface area contributed by atoms with E-state index in [2.05, 4.69) is 88.8 Å². The maximum Gasteiger partial charge on any atom is 0.115 e. The fraction of sp³-hybridized carbons (Fsp3) is 0. The third-order valence-electron chi connectivity index (χ3n) is 6.23. The van der Waals surface area contributed by atoms with Crippen LogP contribution in [-0.2, 0) is 0 Å². The van der Waals surface area contributed by atoms with Crippen LogP contribution in [0.3, 0.4) is 0 Å². The molecule has 0 saturated heterocycles. The van der Waals surface area contributed by atoms with Crippen LogP contribution in [0.5, 0.6) is 0 Å². The summed E-state index contributed by atoms with van der Waals surface area (Å²) in [6.45, 7) is 0. The molecule has 0 atom stereocenters. The van der Waals surface area contributed by atoms with E-state index in [9.17, 15) is 0 Å². The fourth-order valence-corrected chi connectivity index (χ4v) is 6.05. The Morgan fingerprint density at radius 2 is 1.33 bits per heavy atom. The van der Waals surface area contributed by atoms with Crippen molar-refractivity contribution in [2.24, 2.45) is 0 Å². The van der Waals surface area contributed by atoms with Crippen molar-refractivity contribution in [3.8, 4) is 22.4 Å². The highest BCUT2D eigenvalue weighted by molar-refractivity contribution is 7.26. The minimum Gasteiger partial charge on any atom is -0.247 e. The molecule has 0 radical (unpaired) electrons. The molecule has 4 heteroatoms. The third-order valence-corrected chi connectivity index (χ3v) is 7.43. The highest BCUT2D eigenvalue weighted by Gasteiger charge is 2.19. The molecule has 0 fully saturated rings. The van der Waals surface area contributed by atoms with Gasteiger partial charge >= 0.3 is 0 Å². The van der Waals surface area contributed by atoms with Gasteiger partial charge in [-0.15, -0.1) is 11.3 Å². The molecule has 0 aliphatic rings. The van der Waals surface area contributed by atoms with Crippen molar-refractivity contribution < 1.29 is 0 Å². The maximum absolute atomic E-state index is 5.15. The Morgan fingerprint density at radius 3 is 2.18 bits per heavy atom. The molecule has 3 aromatic heterocycles. The van der Waals surface area contributed by atoms with Gasteiger partial charge in [0.15, 0.2) is 0 Å².